The zero-order valence-corrected chi connectivity index (χ0v) is 16.6. The second kappa shape index (κ2) is 6.75. The fraction of sp³-hybridized carbons (Fsp3) is 0.333. The van der Waals surface area contributed by atoms with Gasteiger partial charge in [-0.25, -0.2) is 9.48 Å². The van der Waals surface area contributed by atoms with Crippen LogP contribution in [0, 0.1) is 11.8 Å². The number of benzene rings is 2. The summed E-state index contributed by atoms with van der Waals surface area (Å²) in [5.41, 5.74) is 4.17. The Morgan fingerprint density at radius 3 is 2.55 bits per heavy atom. The lowest BCUT2D eigenvalue weighted by atomic mass is 9.86. The molecule has 1 aliphatic heterocycles. The molecule has 0 amide bonds. The summed E-state index contributed by atoms with van der Waals surface area (Å²) in [5.74, 6) is 6.39. The molecule has 0 N–H and O–H groups in total. The third-order valence-electron chi connectivity index (χ3n) is 5.98. The Labute approximate surface area is 169 Å². The number of methoxy groups -OCH3 is 1. The van der Waals surface area contributed by atoms with Gasteiger partial charge in [0.2, 0.25) is 0 Å². The van der Waals surface area contributed by atoms with E-state index in [2.05, 4.69) is 36.1 Å². The third kappa shape index (κ3) is 2.75. The van der Waals surface area contributed by atoms with E-state index in [4.69, 9.17) is 14.6 Å². The molecule has 1 saturated heterocycles. The normalized spacial score (nSPS) is 17.3. The Bertz CT molecular complexity index is 1160. The summed E-state index contributed by atoms with van der Waals surface area (Å²) in [7, 11) is 1.40. The topological polar surface area (TPSA) is 53.3 Å². The lowest BCUT2D eigenvalue weighted by Gasteiger charge is -2.42. The third-order valence-corrected chi connectivity index (χ3v) is 5.98. The molecule has 0 radical (unpaired) electrons. The van der Waals surface area contributed by atoms with E-state index in [1.54, 1.807) is 19.2 Å². The minimum atomic E-state index is -0.440. The predicted octanol–water partition coefficient (Wildman–Crippen LogP) is 3.85. The number of carbonyl (C=O) groups excluding carboxylic acids is 1. The molecule has 29 heavy (non-hydrogen) atoms. The molecule has 0 unspecified atom stereocenters. The quantitative estimate of drug-likeness (QED) is 0.505. The number of esters is 1. The van der Waals surface area contributed by atoms with Gasteiger partial charge in [0.05, 0.1) is 37.6 Å². The molecule has 1 saturated carbocycles. The number of hydrogen-bond donors (Lipinski definition) is 0. The van der Waals surface area contributed by atoms with Crippen LogP contribution in [0.5, 0.6) is 0 Å². The zero-order chi connectivity index (χ0) is 20.0. The van der Waals surface area contributed by atoms with E-state index >= 15 is 0 Å². The van der Waals surface area contributed by atoms with E-state index in [0.717, 1.165) is 22.0 Å². The van der Waals surface area contributed by atoms with Crippen molar-refractivity contribution < 1.29 is 14.3 Å². The van der Waals surface area contributed by atoms with Gasteiger partial charge in [0.25, 0.3) is 0 Å². The summed E-state index contributed by atoms with van der Waals surface area (Å²) in [5, 5.41) is 5.57. The Balaban J connectivity index is 1.70. The Hall–Kier alpha value is -3.10. The SMILES string of the molecule is CC#Cc1ccc(C(=O)OC)c2c1cnn2C1(c2ccc(C3CC3)cc2)COC1. The van der Waals surface area contributed by atoms with Crippen molar-refractivity contribution >= 4 is 16.9 Å². The standard InChI is InChI=1S/C24H22N2O3/c1-3-4-18-9-12-20(23(27)28-2)22-21(18)13-25-26(22)24(14-29-15-24)19-10-7-17(8-11-19)16-5-6-16/h7-13,16H,5-6,14-15H2,1-2H3. The van der Waals surface area contributed by atoms with Crippen molar-refractivity contribution in [2.75, 3.05) is 20.3 Å². The largest absolute Gasteiger partial charge is 0.465 e. The van der Waals surface area contributed by atoms with Gasteiger partial charge in [-0.1, -0.05) is 30.2 Å². The van der Waals surface area contributed by atoms with E-state index in [1.807, 2.05) is 10.7 Å². The van der Waals surface area contributed by atoms with E-state index in [9.17, 15) is 4.79 Å². The maximum absolute atomic E-state index is 12.5. The van der Waals surface area contributed by atoms with Crippen molar-refractivity contribution in [3.63, 3.8) is 0 Å². The molecular weight excluding hydrogens is 364 g/mol. The average Bonchev–Trinajstić information content (AvgIpc) is 3.47. The van der Waals surface area contributed by atoms with Gasteiger partial charge in [0.15, 0.2) is 0 Å². The number of rotatable bonds is 4. The summed E-state index contributed by atoms with van der Waals surface area (Å²) in [4.78, 5) is 12.5. The van der Waals surface area contributed by atoms with Gasteiger partial charge in [0.1, 0.15) is 5.54 Å². The van der Waals surface area contributed by atoms with Crippen molar-refractivity contribution in [2.24, 2.45) is 0 Å². The van der Waals surface area contributed by atoms with E-state index in [0.29, 0.717) is 24.7 Å². The molecule has 5 heteroatoms. The highest BCUT2D eigenvalue weighted by molar-refractivity contribution is 6.04. The monoisotopic (exact) mass is 386 g/mol. The van der Waals surface area contributed by atoms with E-state index < -0.39 is 5.54 Å². The molecule has 5 nitrogen and oxygen atoms in total. The van der Waals surface area contributed by atoms with Crippen LogP contribution in [-0.4, -0.2) is 36.1 Å². The zero-order valence-electron chi connectivity index (χ0n) is 16.6. The van der Waals surface area contributed by atoms with Gasteiger partial charge in [-0.3, -0.25) is 0 Å². The molecule has 146 valence electrons. The second-order valence-electron chi connectivity index (χ2n) is 7.77. The first-order chi connectivity index (χ1) is 14.2. The van der Waals surface area contributed by atoms with E-state index in [-0.39, 0.29) is 5.97 Å². The van der Waals surface area contributed by atoms with Gasteiger partial charge >= 0.3 is 5.97 Å². The van der Waals surface area contributed by atoms with Crippen LogP contribution in [0.4, 0.5) is 0 Å². The summed E-state index contributed by atoms with van der Waals surface area (Å²) in [6.45, 7) is 2.82. The number of nitrogens with zero attached hydrogens (tertiary/aromatic N) is 2. The fourth-order valence-corrected chi connectivity index (χ4v) is 4.17. The highest BCUT2D eigenvalue weighted by atomic mass is 16.5. The molecule has 2 fully saturated rings. The number of carbonyl (C=O) groups is 1. The first-order valence-corrected chi connectivity index (χ1v) is 9.88. The van der Waals surface area contributed by atoms with Crippen molar-refractivity contribution in [3.05, 3.63) is 64.8 Å². The van der Waals surface area contributed by atoms with Gasteiger partial charge in [-0.2, -0.15) is 5.10 Å². The van der Waals surface area contributed by atoms with Crippen LogP contribution < -0.4 is 0 Å². The molecule has 5 rings (SSSR count). The Morgan fingerprint density at radius 1 is 1.21 bits per heavy atom. The molecule has 3 aromatic rings. The Morgan fingerprint density at radius 2 is 1.97 bits per heavy atom. The number of hydrogen-bond acceptors (Lipinski definition) is 4. The molecular formula is C24H22N2O3. The molecule has 0 bridgehead atoms. The molecule has 1 aliphatic carbocycles. The van der Waals surface area contributed by atoms with Crippen molar-refractivity contribution in [1.82, 2.24) is 9.78 Å². The summed E-state index contributed by atoms with van der Waals surface area (Å²) >= 11 is 0. The minimum Gasteiger partial charge on any atom is -0.465 e. The fourth-order valence-electron chi connectivity index (χ4n) is 4.17. The number of fused-ring (bicyclic) bond motifs is 1. The Kier molecular flexibility index (Phi) is 4.18. The van der Waals surface area contributed by atoms with Gasteiger partial charge < -0.3 is 9.47 Å². The van der Waals surface area contributed by atoms with Gasteiger partial charge in [0, 0.05) is 10.9 Å². The summed E-state index contributed by atoms with van der Waals surface area (Å²) in [6.07, 6.45) is 4.35. The first-order valence-electron chi connectivity index (χ1n) is 9.88. The van der Waals surface area contributed by atoms with Crippen LogP contribution in [0.1, 0.15) is 52.7 Å². The maximum Gasteiger partial charge on any atom is 0.340 e. The first kappa shape index (κ1) is 18.0. The second-order valence-corrected chi connectivity index (χ2v) is 7.77. The smallest absolute Gasteiger partial charge is 0.340 e. The molecule has 2 aliphatic rings. The minimum absolute atomic E-state index is 0.382. The summed E-state index contributed by atoms with van der Waals surface area (Å²) < 4.78 is 12.6. The van der Waals surface area contributed by atoms with Crippen molar-refractivity contribution in [1.29, 1.82) is 0 Å². The van der Waals surface area contributed by atoms with Crippen molar-refractivity contribution in [3.8, 4) is 11.8 Å². The lowest BCUT2D eigenvalue weighted by Crippen LogP contribution is -2.53. The van der Waals surface area contributed by atoms with Crippen LogP contribution in [0.3, 0.4) is 0 Å². The molecule has 1 aromatic heterocycles. The van der Waals surface area contributed by atoms with Crippen LogP contribution in [0.2, 0.25) is 0 Å². The van der Waals surface area contributed by atoms with Crippen LogP contribution >= 0.6 is 0 Å². The number of aromatic nitrogens is 2. The van der Waals surface area contributed by atoms with Crippen LogP contribution in [-0.2, 0) is 15.0 Å². The van der Waals surface area contributed by atoms with Crippen molar-refractivity contribution in [2.45, 2.75) is 31.2 Å². The molecule has 0 spiro atoms. The van der Waals surface area contributed by atoms with Crippen LogP contribution in [0.15, 0.2) is 42.6 Å². The van der Waals surface area contributed by atoms with E-state index in [1.165, 1.54) is 25.5 Å². The maximum atomic E-state index is 12.5. The highest BCUT2D eigenvalue weighted by Gasteiger charge is 2.45. The highest BCUT2D eigenvalue weighted by Crippen LogP contribution is 2.42. The number of ether oxygens (including phenoxy) is 2. The van der Waals surface area contributed by atoms with Gasteiger partial charge in [-0.05, 0) is 48.9 Å². The molecule has 0 atom stereocenters. The van der Waals surface area contributed by atoms with Gasteiger partial charge in [-0.15, -0.1) is 5.92 Å². The summed E-state index contributed by atoms with van der Waals surface area (Å²) in [6, 6.07) is 12.4. The average molecular weight is 386 g/mol. The molecule has 2 aromatic carbocycles. The van der Waals surface area contributed by atoms with Crippen LogP contribution in [0.25, 0.3) is 10.9 Å². The molecule has 2 heterocycles. The lowest BCUT2D eigenvalue weighted by molar-refractivity contribution is -0.0800. The predicted molar refractivity (Wildman–Crippen MR) is 110 cm³/mol.